The third-order valence-electron chi connectivity index (χ3n) is 4.17. The molecular formula is C18H16N2O2. The molecule has 2 N–H and O–H groups in total. The minimum Gasteiger partial charge on any atom is -0.497 e. The van der Waals surface area contributed by atoms with Crippen LogP contribution in [0.3, 0.4) is 0 Å². The number of methoxy groups -OCH3 is 1. The molecule has 1 amide bonds. The minimum atomic E-state index is -0.00402. The second-order valence-corrected chi connectivity index (χ2v) is 5.66. The van der Waals surface area contributed by atoms with Gasteiger partial charge in [0.25, 0.3) is 0 Å². The number of benzene rings is 2. The Hall–Kier alpha value is -2.75. The quantitative estimate of drug-likeness (QED) is 0.719. The molecule has 0 fully saturated rings. The molecule has 0 bridgehead atoms. The molecule has 0 atom stereocenters. The van der Waals surface area contributed by atoms with E-state index in [-0.39, 0.29) is 5.91 Å². The molecule has 1 aliphatic rings. The van der Waals surface area contributed by atoms with Gasteiger partial charge >= 0.3 is 0 Å². The summed E-state index contributed by atoms with van der Waals surface area (Å²) in [6, 6.07) is 12.0. The Morgan fingerprint density at radius 2 is 2.00 bits per heavy atom. The van der Waals surface area contributed by atoms with Gasteiger partial charge in [-0.1, -0.05) is 11.6 Å². The van der Waals surface area contributed by atoms with Crippen LogP contribution in [0.1, 0.15) is 11.1 Å². The van der Waals surface area contributed by atoms with Crippen LogP contribution in [0.5, 0.6) is 5.75 Å². The largest absolute Gasteiger partial charge is 0.497 e. The number of nitrogens with one attached hydrogen (secondary N) is 2. The van der Waals surface area contributed by atoms with Gasteiger partial charge in [0.1, 0.15) is 5.75 Å². The highest BCUT2D eigenvalue weighted by molar-refractivity contribution is 6.05. The summed E-state index contributed by atoms with van der Waals surface area (Å²) < 4.78 is 5.26. The van der Waals surface area contributed by atoms with Crippen LogP contribution in [0.4, 0.5) is 5.69 Å². The molecule has 2 heterocycles. The first-order valence-corrected chi connectivity index (χ1v) is 7.25. The van der Waals surface area contributed by atoms with Crippen molar-refractivity contribution in [2.45, 2.75) is 13.3 Å². The van der Waals surface area contributed by atoms with Gasteiger partial charge in [-0.3, -0.25) is 4.79 Å². The molecule has 0 saturated carbocycles. The fourth-order valence-corrected chi connectivity index (χ4v) is 3.10. The minimum absolute atomic E-state index is 0.00402. The van der Waals surface area contributed by atoms with E-state index < -0.39 is 0 Å². The van der Waals surface area contributed by atoms with Crippen LogP contribution in [0, 0.1) is 6.92 Å². The number of aromatic amines is 1. The normalized spacial score (nSPS) is 13.3. The third kappa shape index (κ3) is 1.88. The summed E-state index contributed by atoms with van der Waals surface area (Å²) in [6.07, 6.45) is 0.371. The van der Waals surface area contributed by atoms with Gasteiger partial charge in [-0.05, 0) is 36.8 Å². The zero-order valence-electron chi connectivity index (χ0n) is 12.5. The van der Waals surface area contributed by atoms with E-state index in [4.69, 9.17) is 4.74 Å². The van der Waals surface area contributed by atoms with E-state index in [0.717, 1.165) is 39.2 Å². The number of amides is 1. The monoisotopic (exact) mass is 292 g/mol. The molecule has 0 saturated heterocycles. The molecule has 0 aliphatic carbocycles. The number of fused-ring (bicyclic) bond motifs is 5. The molecule has 22 heavy (non-hydrogen) atoms. The second kappa shape index (κ2) is 4.63. The number of anilines is 1. The topological polar surface area (TPSA) is 54.1 Å². The maximum atomic E-state index is 12.3. The molecule has 0 spiro atoms. The van der Waals surface area contributed by atoms with Crippen molar-refractivity contribution in [3.05, 3.63) is 47.5 Å². The smallest absolute Gasteiger partial charge is 0.228 e. The number of hydrogen-bond donors (Lipinski definition) is 2. The number of aromatic nitrogens is 1. The lowest BCUT2D eigenvalue weighted by Crippen LogP contribution is -2.12. The summed E-state index contributed by atoms with van der Waals surface area (Å²) in [5.74, 6) is 0.727. The molecule has 4 heteroatoms. The van der Waals surface area contributed by atoms with E-state index >= 15 is 0 Å². The Kier molecular flexibility index (Phi) is 2.73. The van der Waals surface area contributed by atoms with Crippen molar-refractivity contribution in [1.82, 2.24) is 4.98 Å². The number of aryl methyl sites for hydroxylation is 1. The van der Waals surface area contributed by atoms with Gasteiger partial charge in [0, 0.05) is 22.5 Å². The predicted molar refractivity (Wildman–Crippen MR) is 87.4 cm³/mol. The maximum Gasteiger partial charge on any atom is 0.228 e. The zero-order chi connectivity index (χ0) is 15.3. The van der Waals surface area contributed by atoms with Crippen LogP contribution >= 0.6 is 0 Å². The van der Waals surface area contributed by atoms with Crippen LogP contribution in [0.15, 0.2) is 36.4 Å². The van der Waals surface area contributed by atoms with Crippen molar-refractivity contribution < 1.29 is 9.53 Å². The molecule has 4 nitrogen and oxygen atoms in total. The first-order chi connectivity index (χ1) is 10.7. The van der Waals surface area contributed by atoms with Crippen molar-refractivity contribution in [3.63, 3.8) is 0 Å². The molecule has 110 valence electrons. The Bertz CT molecular complexity index is 909. The van der Waals surface area contributed by atoms with Crippen LogP contribution < -0.4 is 10.1 Å². The van der Waals surface area contributed by atoms with Crippen LogP contribution in [0.25, 0.3) is 22.2 Å². The summed E-state index contributed by atoms with van der Waals surface area (Å²) in [7, 11) is 1.62. The van der Waals surface area contributed by atoms with E-state index in [9.17, 15) is 4.79 Å². The van der Waals surface area contributed by atoms with Crippen molar-refractivity contribution in [1.29, 1.82) is 0 Å². The Labute approximate surface area is 128 Å². The lowest BCUT2D eigenvalue weighted by atomic mass is 10.0. The van der Waals surface area contributed by atoms with Gasteiger partial charge in [-0.2, -0.15) is 0 Å². The van der Waals surface area contributed by atoms with E-state index in [2.05, 4.69) is 35.4 Å². The summed E-state index contributed by atoms with van der Waals surface area (Å²) in [6.45, 7) is 2.06. The average Bonchev–Trinajstić information content (AvgIpc) is 2.78. The Balaban J connectivity index is 2.03. The number of ether oxygens (including phenoxy) is 1. The molecule has 3 aromatic rings. The average molecular weight is 292 g/mol. The zero-order valence-corrected chi connectivity index (χ0v) is 12.5. The maximum absolute atomic E-state index is 12.3. The van der Waals surface area contributed by atoms with Gasteiger partial charge in [-0.25, -0.2) is 0 Å². The number of rotatable bonds is 1. The number of carbonyl (C=O) groups is 1. The Morgan fingerprint density at radius 3 is 2.82 bits per heavy atom. The van der Waals surface area contributed by atoms with Gasteiger partial charge in [0.05, 0.1) is 24.9 Å². The molecular weight excluding hydrogens is 276 g/mol. The summed E-state index contributed by atoms with van der Waals surface area (Å²) in [5.41, 5.74) is 6.10. The van der Waals surface area contributed by atoms with Crippen molar-refractivity contribution >= 4 is 22.5 Å². The molecule has 1 aromatic heterocycles. The first kappa shape index (κ1) is 13.0. The fourth-order valence-electron chi connectivity index (χ4n) is 3.10. The van der Waals surface area contributed by atoms with E-state index in [0.29, 0.717) is 6.42 Å². The van der Waals surface area contributed by atoms with Crippen molar-refractivity contribution in [2.24, 2.45) is 0 Å². The first-order valence-electron chi connectivity index (χ1n) is 7.25. The highest BCUT2D eigenvalue weighted by Crippen LogP contribution is 2.39. The molecule has 2 aromatic carbocycles. The highest BCUT2D eigenvalue weighted by Gasteiger charge is 2.23. The number of hydrogen-bond acceptors (Lipinski definition) is 2. The van der Waals surface area contributed by atoms with Crippen LogP contribution in [-0.2, 0) is 11.2 Å². The summed E-state index contributed by atoms with van der Waals surface area (Å²) in [5, 5.41) is 4.09. The summed E-state index contributed by atoms with van der Waals surface area (Å²) >= 11 is 0. The molecule has 1 aliphatic heterocycles. The van der Waals surface area contributed by atoms with Gasteiger partial charge < -0.3 is 15.0 Å². The fraction of sp³-hybridized carbons (Fsp3) is 0.167. The van der Waals surface area contributed by atoms with Gasteiger partial charge in [0.15, 0.2) is 0 Å². The van der Waals surface area contributed by atoms with Crippen LogP contribution in [0.2, 0.25) is 0 Å². The molecule has 0 radical (unpaired) electrons. The van der Waals surface area contributed by atoms with Gasteiger partial charge in [-0.15, -0.1) is 0 Å². The van der Waals surface area contributed by atoms with E-state index in [1.807, 2.05) is 18.2 Å². The lowest BCUT2D eigenvalue weighted by Gasteiger charge is -2.09. The van der Waals surface area contributed by atoms with Crippen molar-refractivity contribution in [3.8, 4) is 17.0 Å². The number of H-pyrrole nitrogens is 1. The lowest BCUT2D eigenvalue weighted by molar-refractivity contribution is -0.115. The van der Waals surface area contributed by atoms with Crippen LogP contribution in [-0.4, -0.2) is 18.0 Å². The Morgan fingerprint density at radius 1 is 1.14 bits per heavy atom. The standard InChI is InChI=1S/C18H16N2O2/c1-10-3-6-15-13(7-10)14-9-17(21)19-16-8-11(22-2)4-5-12(16)18(14)20-15/h3-8,20H,9H2,1-2H3,(H,19,21). The van der Waals surface area contributed by atoms with E-state index in [1.165, 1.54) is 5.56 Å². The molecule has 0 unspecified atom stereocenters. The SMILES string of the molecule is COc1ccc2c(c1)NC(=O)Cc1c-2[nH]c2ccc(C)cc12. The summed E-state index contributed by atoms with van der Waals surface area (Å²) in [4.78, 5) is 15.7. The highest BCUT2D eigenvalue weighted by atomic mass is 16.5. The van der Waals surface area contributed by atoms with E-state index in [1.54, 1.807) is 7.11 Å². The predicted octanol–water partition coefficient (Wildman–Crippen LogP) is 3.65. The second-order valence-electron chi connectivity index (χ2n) is 5.66. The van der Waals surface area contributed by atoms with Gasteiger partial charge in [0.2, 0.25) is 5.91 Å². The third-order valence-corrected chi connectivity index (χ3v) is 4.17. The van der Waals surface area contributed by atoms with Crippen molar-refractivity contribution in [2.75, 3.05) is 12.4 Å². The molecule has 4 rings (SSSR count). The number of carbonyl (C=O) groups excluding carboxylic acids is 1.